The van der Waals surface area contributed by atoms with Crippen molar-refractivity contribution in [1.29, 1.82) is 0 Å². The lowest BCUT2D eigenvalue weighted by atomic mass is 9.73. The number of phenols is 1. The van der Waals surface area contributed by atoms with E-state index >= 15 is 0 Å². The van der Waals surface area contributed by atoms with E-state index in [0.29, 0.717) is 24.0 Å². The van der Waals surface area contributed by atoms with Crippen LogP contribution in [-0.2, 0) is 4.79 Å². The van der Waals surface area contributed by atoms with Crippen LogP contribution in [0.25, 0.3) is 0 Å². The zero-order valence-corrected chi connectivity index (χ0v) is 18.2. The summed E-state index contributed by atoms with van der Waals surface area (Å²) in [5, 5.41) is 28.4. The molecule has 0 saturated heterocycles. The van der Waals surface area contributed by atoms with Crippen LogP contribution in [0.15, 0.2) is 47.7 Å². The van der Waals surface area contributed by atoms with Crippen LogP contribution in [0, 0.1) is 15.5 Å². The highest BCUT2D eigenvalue weighted by Gasteiger charge is 2.39. The summed E-state index contributed by atoms with van der Waals surface area (Å²) in [5.41, 5.74) is 2.75. The Morgan fingerprint density at radius 1 is 1.19 bits per heavy atom. The van der Waals surface area contributed by atoms with Crippen LogP contribution < -0.4 is 15.4 Å². The maximum absolute atomic E-state index is 13.2. The first-order chi connectivity index (χ1) is 14.2. The van der Waals surface area contributed by atoms with E-state index in [1.807, 2.05) is 38.1 Å². The van der Waals surface area contributed by atoms with E-state index in [9.17, 15) is 20.0 Å². The number of halogens is 1. The van der Waals surface area contributed by atoms with Crippen molar-refractivity contribution >= 4 is 35.3 Å². The van der Waals surface area contributed by atoms with Crippen molar-refractivity contribution in [3.63, 3.8) is 0 Å². The molecule has 0 saturated carbocycles. The molecule has 1 aliphatic carbocycles. The summed E-state index contributed by atoms with van der Waals surface area (Å²) in [6, 6.07) is 9.77. The first-order valence-corrected chi connectivity index (χ1v) is 9.64. The molecule has 2 aliphatic rings. The minimum absolute atomic E-state index is 0. The molecule has 31 heavy (non-hydrogen) atoms. The van der Waals surface area contributed by atoms with Gasteiger partial charge in [0.2, 0.25) is 5.75 Å². The molecule has 0 fully saturated rings. The van der Waals surface area contributed by atoms with Gasteiger partial charge in [-0.2, -0.15) is 0 Å². The Kier molecular flexibility index (Phi) is 5.87. The molecule has 1 unspecified atom stereocenters. The number of rotatable bonds is 3. The van der Waals surface area contributed by atoms with Crippen molar-refractivity contribution in [3.8, 4) is 11.5 Å². The van der Waals surface area contributed by atoms with Crippen LogP contribution in [0.1, 0.15) is 38.3 Å². The summed E-state index contributed by atoms with van der Waals surface area (Å²) in [6.07, 6.45) is 1.04. The monoisotopic (exact) mass is 445 g/mol. The number of phenolic OH excluding ortho intramolecular Hbond substituents is 1. The molecule has 2 aromatic carbocycles. The quantitative estimate of drug-likeness (QED) is 0.452. The van der Waals surface area contributed by atoms with Gasteiger partial charge < -0.3 is 20.5 Å². The molecule has 0 radical (unpaired) electrons. The molecule has 1 heterocycles. The Morgan fingerprint density at radius 3 is 2.52 bits per heavy atom. The highest BCUT2D eigenvalue weighted by atomic mass is 35.5. The molecule has 4 rings (SSSR count). The van der Waals surface area contributed by atoms with Gasteiger partial charge in [0.05, 0.1) is 29.4 Å². The number of nitro benzene ring substituents is 1. The number of allylic oxidation sites excluding steroid dienone is 1. The molecular weight excluding hydrogens is 422 g/mol. The zero-order chi connectivity index (χ0) is 21.6. The lowest BCUT2D eigenvalue weighted by molar-refractivity contribution is -0.386. The highest BCUT2D eigenvalue weighted by Crippen LogP contribution is 2.47. The normalized spacial score (nSPS) is 19.1. The van der Waals surface area contributed by atoms with Crippen LogP contribution in [-0.4, -0.2) is 22.9 Å². The number of para-hydroxylation sites is 2. The highest BCUT2D eigenvalue weighted by molar-refractivity contribution is 6.01. The van der Waals surface area contributed by atoms with Crippen molar-refractivity contribution in [2.24, 2.45) is 5.41 Å². The Morgan fingerprint density at radius 2 is 1.87 bits per heavy atom. The Labute approximate surface area is 185 Å². The van der Waals surface area contributed by atoms with Gasteiger partial charge in [0, 0.05) is 23.8 Å². The van der Waals surface area contributed by atoms with E-state index in [1.54, 1.807) is 0 Å². The number of ether oxygens (including phenoxy) is 1. The summed E-state index contributed by atoms with van der Waals surface area (Å²) in [4.78, 5) is 24.1. The fourth-order valence-corrected chi connectivity index (χ4v) is 4.21. The number of carbonyl (C=O) groups excluding carboxylic acids is 1. The maximum Gasteiger partial charge on any atom is 0.315 e. The number of benzene rings is 2. The number of fused-ring (bicyclic) bond motifs is 1. The number of Topliss-reactive ketones (excluding diaryl/α,β-unsaturated/α-hetero) is 1. The second-order valence-corrected chi connectivity index (χ2v) is 8.43. The summed E-state index contributed by atoms with van der Waals surface area (Å²) in [7, 11) is 1.33. The topological polar surface area (TPSA) is 114 Å². The van der Waals surface area contributed by atoms with Crippen LogP contribution in [0.4, 0.5) is 17.1 Å². The molecule has 0 bridgehead atoms. The smallest absolute Gasteiger partial charge is 0.315 e. The molecule has 1 atom stereocenters. The van der Waals surface area contributed by atoms with E-state index in [1.165, 1.54) is 19.2 Å². The van der Waals surface area contributed by atoms with Gasteiger partial charge in [-0.1, -0.05) is 26.0 Å². The average molecular weight is 446 g/mol. The molecule has 9 heteroatoms. The maximum atomic E-state index is 13.2. The van der Waals surface area contributed by atoms with Crippen molar-refractivity contribution in [1.82, 2.24) is 0 Å². The fraction of sp³-hybridized carbons (Fsp3) is 0.318. The lowest BCUT2D eigenvalue weighted by Gasteiger charge is -2.34. The van der Waals surface area contributed by atoms with Gasteiger partial charge in [-0.05, 0) is 35.6 Å². The largest absolute Gasteiger partial charge is 0.500 e. The molecule has 0 amide bonds. The molecular formula is C22H24ClN3O5. The van der Waals surface area contributed by atoms with Crippen LogP contribution in [0.2, 0.25) is 0 Å². The van der Waals surface area contributed by atoms with Crippen molar-refractivity contribution in [2.45, 2.75) is 32.7 Å². The summed E-state index contributed by atoms with van der Waals surface area (Å²) >= 11 is 0. The average Bonchev–Trinajstić information content (AvgIpc) is 2.83. The summed E-state index contributed by atoms with van der Waals surface area (Å²) in [5.74, 6) is -0.574. The number of nitrogens with one attached hydrogen (secondary N) is 2. The number of nitro groups is 1. The summed E-state index contributed by atoms with van der Waals surface area (Å²) in [6.45, 7) is 4.09. The third-order valence-corrected chi connectivity index (χ3v) is 5.55. The molecule has 0 spiro atoms. The minimum atomic E-state index is -0.661. The van der Waals surface area contributed by atoms with Gasteiger partial charge in [0.1, 0.15) is 0 Å². The Hall–Kier alpha value is -3.26. The van der Waals surface area contributed by atoms with Gasteiger partial charge in [-0.15, -0.1) is 12.4 Å². The van der Waals surface area contributed by atoms with Gasteiger partial charge in [-0.3, -0.25) is 14.9 Å². The molecule has 2 aromatic rings. The van der Waals surface area contributed by atoms with Crippen LogP contribution in [0.5, 0.6) is 11.5 Å². The molecule has 8 nitrogen and oxygen atoms in total. The molecule has 0 aromatic heterocycles. The number of carbonyl (C=O) groups is 1. The number of hydrogen-bond donors (Lipinski definition) is 3. The third-order valence-electron chi connectivity index (χ3n) is 5.55. The molecule has 1 aliphatic heterocycles. The summed E-state index contributed by atoms with van der Waals surface area (Å²) < 4.78 is 5.17. The van der Waals surface area contributed by atoms with Crippen LogP contribution >= 0.6 is 12.4 Å². The van der Waals surface area contributed by atoms with Crippen molar-refractivity contribution < 1.29 is 19.6 Å². The van der Waals surface area contributed by atoms with Gasteiger partial charge >= 0.3 is 5.69 Å². The zero-order valence-electron chi connectivity index (χ0n) is 17.4. The number of anilines is 2. The predicted molar refractivity (Wildman–Crippen MR) is 120 cm³/mol. The standard InChI is InChI=1S/C22H23N3O5.ClH/c1-22(2)10-15-19(17(26)11-22)20(24-14-7-5-4-6-13(14)23-15)12-8-16(25(28)29)21(27)18(9-12)30-3;/h4-9,20,23-24,27H,10-11H2,1-3H3;1H. The van der Waals surface area contributed by atoms with E-state index < -0.39 is 22.4 Å². The van der Waals surface area contributed by atoms with E-state index in [2.05, 4.69) is 10.6 Å². The lowest BCUT2D eigenvalue weighted by Crippen LogP contribution is -2.31. The first kappa shape index (κ1) is 22.4. The first-order valence-electron chi connectivity index (χ1n) is 9.64. The SMILES string of the molecule is COc1cc(C2Nc3ccccc3NC3=C2C(=O)CC(C)(C)C3)cc([N+](=O)[O-])c1O.Cl. The molecule has 3 N–H and O–H groups in total. The second-order valence-electron chi connectivity index (χ2n) is 8.43. The van der Waals surface area contributed by atoms with Crippen molar-refractivity contribution in [3.05, 3.63) is 63.3 Å². The van der Waals surface area contributed by atoms with Gasteiger partial charge in [0.15, 0.2) is 11.5 Å². The van der Waals surface area contributed by atoms with E-state index in [0.717, 1.165) is 17.1 Å². The predicted octanol–water partition coefficient (Wildman–Crippen LogP) is 4.95. The van der Waals surface area contributed by atoms with Crippen LogP contribution in [0.3, 0.4) is 0 Å². The van der Waals surface area contributed by atoms with Gasteiger partial charge in [0.25, 0.3) is 0 Å². The number of ketones is 1. The minimum Gasteiger partial charge on any atom is -0.500 e. The fourth-order valence-electron chi connectivity index (χ4n) is 4.21. The number of nitrogens with zero attached hydrogens (tertiary/aromatic N) is 1. The van der Waals surface area contributed by atoms with E-state index in [4.69, 9.17) is 4.74 Å². The van der Waals surface area contributed by atoms with Crippen molar-refractivity contribution in [2.75, 3.05) is 17.7 Å². The Bertz CT molecular complexity index is 1100. The number of methoxy groups -OCH3 is 1. The number of hydrogen-bond acceptors (Lipinski definition) is 7. The second kappa shape index (κ2) is 8.11. The van der Waals surface area contributed by atoms with Gasteiger partial charge in [-0.25, -0.2) is 0 Å². The Balaban J connectivity index is 0.00000272. The third kappa shape index (κ3) is 4.03. The molecule has 164 valence electrons. The van der Waals surface area contributed by atoms with E-state index in [-0.39, 0.29) is 29.4 Å². The number of aromatic hydroxyl groups is 1.